The quantitative estimate of drug-likeness (QED) is 0.658. The number of aryl methyl sites for hydroxylation is 1. The first-order valence-electron chi connectivity index (χ1n) is 7.55. The molecule has 1 aliphatic rings. The number of alkyl halides is 3. The number of phenolic OH excluding ortho intramolecular Hbond substituents is 1. The second kappa shape index (κ2) is 7.61. The van der Waals surface area contributed by atoms with Gasteiger partial charge in [-0.05, 0) is 48.5 Å². The van der Waals surface area contributed by atoms with E-state index < -0.39 is 12.7 Å². The van der Waals surface area contributed by atoms with Crippen LogP contribution in [0.3, 0.4) is 0 Å². The molecule has 0 saturated carbocycles. The van der Waals surface area contributed by atoms with Gasteiger partial charge in [-0.15, -0.1) is 0 Å². The van der Waals surface area contributed by atoms with E-state index >= 15 is 0 Å². The van der Waals surface area contributed by atoms with E-state index in [1.807, 2.05) is 0 Å². The van der Waals surface area contributed by atoms with Crippen molar-refractivity contribution >= 4 is 51.1 Å². The largest absolute Gasteiger partial charge is 0.508 e. The number of hydrogen-bond donors (Lipinski definition) is 3. The van der Waals surface area contributed by atoms with Gasteiger partial charge in [0.1, 0.15) is 12.3 Å². The van der Waals surface area contributed by atoms with Crippen molar-refractivity contribution in [2.75, 3.05) is 11.9 Å². The lowest BCUT2D eigenvalue weighted by Crippen LogP contribution is -2.21. The summed E-state index contributed by atoms with van der Waals surface area (Å²) in [4.78, 5) is 21.2. The molecule has 142 valence electrons. The van der Waals surface area contributed by atoms with Gasteiger partial charge in [-0.2, -0.15) is 13.2 Å². The van der Waals surface area contributed by atoms with Gasteiger partial charge in [-0.3, -0.25) is 4.79 Å². The fourth-order valence-electron chi connectivity index (χ4n) is 2.10. The zero-order valence-electron chi connectivity index (χ0n) is 13.8. The first kappa shape index (κ1) is 19.2. The van der Waals surface area contributed by atoms with Crippen LogP contribution in [-0.4, -0.2) is 33.9 Å². The number of rotatable bonds is 4. The minimum atomic E-state index is -4.33. The van der Waals surface area contributed by atoms with E-state index in [1.54, 1.807) is 25.1 Å². The lowest BCUT2D eigenvalue weighted by atomic mass is 10.2. The molecule has 6 nitrogen and oxygen atoms in total. The van der Waals surface area contributed by atoms with E-state index in [1.165, 1.54) is 12.3 Å². The Bertz CT molecular complexity index is 938. The fourth-order valence-corrected chi connectivity index (χ4v) is 3.75. The third kappa shape index (κ3) is 5.23. The topological polar surface area (TPSA) is 86.6 Å². The number of nitrogens with one attached hydrogen (secondary N) is 2. The van der Waals surface area contributed by atoms with Crippen LogP contribution in [0.15, 0.2) is 34.3 Å². The molecule has 0 radical (unpaired) electrons. The summed E-state index contributed by atoms with van der Waals surface area (Å²) in [5.74, 6) is -0.228. The summed E-state index contributed by atoms with van der Waals surface area (Å²) in [6, 6.07) is 4.69. The Morgan fingerprint density at radius 1 is 1.41 bits per heavy atom. The zero-order valence-corrected chi connectivity index (χ0v) is 15.4. The fraction of sp³-hybridized carbons (Fsp3) is 0.188. The van der Waals surface area contributed by atoms with Gasteiger partial charge in [-0.25, -0.2) is 9.98 Å². The Morgan fingerprint density at radius 3 is 2.89 bits per heavy atom. The maximum atomic E-state index is 12.2. The lowest BCUT2D eigenvalue weighted by Gasteiger charge is -2.05. The molecule has 1 saturated heterocycles. The number of aromatic hydroxyl groups is 1. The van der Waals surface area contributed by atoms with Crippen LogP contribution >= 0.6 is 23.1 Å². The molecule has 0 unspecified atom stereocenters. The number of phenols is 1. The van der Waals surface area contributed by atoms with Crippen LogP contribution in [-0.2, 0) is 4.79 Å². The molecule has 0 aliphatic carbocycles. The lowest BCUT2D eigenvalue weighted by molar-refractivity contribution is -0.116. The van der Waals surface area contributed by atoms with E-state index in [0.29, 0.717) is 20.6 Å². The molecule has 1 fully saturated rings. The number of halogens is 3. The molecule has 3 N–H and O–H groups in total. The number of amidine groups is 1. The molecule has 0 bridgehead atoms. The number of hydrogen-bond acceptors (Lipinski definition) is 7. The van der Waals surface area contributed by atoms with E-state index in [9.17, 15) is 23.1 Å². The van der Waals surface area contributed by atoms with Crippen LogP contribution in [0.25, 0.3) is 6.08 Å². The molecule has 27 heavy (non-hydrogen) atoms. The van der Waals surface area contributed by atoms with E-state index in [4.69, 9.17) is 0 Å². The van der Waals surface area contributed by atoms with E-state index in [0.717, 1.165) is 28.7 Å². The van der Waals surface area contributed by atoms with Crippen molar-refractivity contribution in [1.82, 2.24) is 10.3 Å². The average molecular weight is 414 g/mol. The summed E-state index contributed by atoms with van der Waals surface area (Å²) in [5, 5.41) is 14.7. The standard InChI is InChI=1S/C16H13F3N4O2S2/c1-8-4-9(24)2-3-11(8)22-15-23-13(25)12(27-15)5-10-6-20-14(26-10)21-7-16(17,18)19/h2-6,24H,7H2,1H3,(H,20,21)(H,22,23,25). The number of aliphatic imine (C=N–C) groups is 1. The van der Waals surface area contributed by atoms with Gasteiger partial charge in [0.05, 0.1) is 15.5 Å². The molecule has 1 aromatic heterocycles. The molecule has 0 spiro atoms. The molecule has 0 atom stereocenters. The van der Waals surface area contributed by atoms with Gasteiger partial charge in [0.25, 0.3) is 5.91 Å². The number of benzene rings is 1. The smallest absolute Gasteiger partial charge is 0.405 e. The van der Waals surface area contributed by atoms with Crippen molar-refractivity contribution in [2.24, 2.45) is 4.99 Å². The van der Waals surface area contributed by atoms with Crippen LogP contribution in [0.5, 0.6) is 5.75 Å². The third-order valence-electron chi connectivity index (χ3n) is 3.29. The number of thiazole rings is 1. The second-order valence-electron chi connectivity index (χ2n) is 5.49. The molecule has 3 rings (SSSR count). The Labute approximate surface area is 160 Å². The van der Waals surface area contributed by atoms with Gasteiger partial charge >= 0.3 is 6.18 Å². The molecule has 2 heterocycles. The summed E-state index contributed by atoms with van der Waals surface area (Å²) >= 11 is 2.13. The second-order valence-corrected chi connectivity index (χ2v) is 7.58. The summed E-state index contributed by atoms with van der Waals surface area (Å²) in [6.45, 7) is 0.610. The van der Waals surface area contributed by atoms with E-state index in [2.05, 4.69) is 20.6 Å². The maximum absolute atomic E-state index is 12.2. The Kier molecular flexibility index (Phi) is 5.42. The maximum Gasteiger partial charge on any atom is 0.405 e. The van der Waals surface area contributed by atoms with Crippen LogP contribution in [0, 0.1) is 6.92 Å². The third-order valence-corrected chi connectivity index (χ3v) is 5.10. The predicted molar refractivity (Wildman–Crippen MR) is 100 cm³/mol. The molecule has 2 aromatic rings. The number of anilines is 1. The summed E-state index contributed by atoms with van der Waals surface area (Å²) in [6.07, 6.45) is -1.39. The van der Waals surface area contributed by atoms with E-state index in [-0.39, 0.29) is 16.8 Å². The van der Waals surface area contributed by atoms with Crippen molar-refractivity contribution in [2.45, 2.75) is 13.1 Å². The van der Waals surface area contributed by atoms with Gasteiger partial charge in [-0.1, -0.05) is 11.3 Å². The SMILES string of the molecule is Cc1cc(O)ccc1N=C1NC(=O)C(=Cc2cnc(NCC(F)(F)F)s2)S1. The molecule has 11 heteroatoms. The highest BCUT2D eigenvalue weighted by atomic mass is 32.2. The Morgan fingerprint density at radius 2 is 2.19 bits per heavy atom. The minimum absolute atomic E-state index is 0.121. The zero-order chi connectivity index (χ0) is 19.6. The molecule has 1 aromatic carbocycles. The van der Waals surface area contributed by atoms with Crippen molar-refractivity contribution in [3.63, 3.8) is 0 Å². The normalized spacial score (nSPS) is 17.6. The first-order valence-corrected chi connectivity index (χ1v) is 9.18. The number of aromatic nitrogens is 1. The summed E-state index contributed by atoms with van der Waals surface area (Å²) in [5.41, 5.74) is 1.35. The summed E-state index contributed by atoms with van der Waals surface area (Å²) < 4.78 is 36.7. The van der Waals surface area contributed by atoms with Crippen LogP contribution in [0.2, 0.25) is 0 Å². The van der Waals surface area contributed by atoms with Crippen molar-refractivity contribution < 1.29 is 23.1 Å². The van der Waals surface area contributed by atoms with Crippen LogP contribution in [0.1, 0.15) is 10.4 Å². The highest BCUT2D eigenvalue weighted by Crippen LogP contribution is 2.31. The number of amides is 1. The van der Waals surface area contributed by atoms with Gasteiger partial charge < -0.3 is 15.7 Å². The van der Waals surface area contributed by atoms with Gasteiger partial charge in [0, 0.05) is 6.20 Å². The molecular weight excluding hydrogens is 401 g/mol. The van der Waals surface area contributed by atoms with Crippen LogP contribution < -0.4 is 10.6 Å². The Hall–Kier alpha value is -2.53. The van der Waals surface area contributed by atoms with Gasteiger partial charge in [0.2, 0.25) is 0 Å². The monoisotopic (exact) mass is 414 g/mol. The number of carbonyl (C=O) groups is 1. The van der Waals surface area contributed by atoms with Crippen molar-refractivity contribution in [3.8, 4) is 5.75 Å². The van der Waals surface area contributed by atoms with Gasteiger partial charge in [0.15, 0.2) is 10.3 Å². The molecular formula is C16H13F3N4O2S2. The highest BCUT2D eigenvalue weighted by Gasteiger charge is 2.27. The summed E-state index contributed by atoms with van der Waals surface area (Å²) in [7, 11) is 0. The first-order chi connectivity index (χ1) is 12.7. The Balaban J connectivity index is 1.72. The highest BCUT2D eigenvalue weighted by molar-refractivity contribution is 8.18. The molecule has 1 amide bonds. The average Bonchev–Trinajstić information content (AvgIpc) is 3.15. The van der Waals surface area contributed by atoms with Crippen molar-refractivity contribution in [1.29, 1.82) is 0 Å². The molecule has 1 aliphatic heterocycles. The number of thioether (sulfide) groups is 1. The number of nitrogens with zero attached hydrogens (tertiary/aromatic N) is 2. The minimum Gasteiger partial charge on any atom is -0.508 e. The van der Waals surface area contributed by atoms with Crippen molar-refractivity contribution in [3.05, 3.63) is 39.7 Å². The number of carbonyl (C=O) groups excluding carboxylic acids is 1. The predicted octanol–water partition coefficient (Wildman–Crippen LogP) is 4.02. The van der Waals surface area contributed by atoms with Crippen LogP contribution in [0.4, 0.5) is 24.0 Å².